The monoisotopic (exact) mass is 427 g/mol. The molecule has 0 fully saturated rings. The van der Waals surface area contributed by atoms with Gasteiger partial charge in [0, 0.05) is 19.0 Å². The van der Waals surface area contributed by atoms with Gasteiger partial charge in [0.1, 0.15) is 0 Å². The minimum atomic E-state index is -0.0815. The van der Waals surface area contributed by atoms with E-state index in [0.29, 0.717) is 13.2 Å². The second kappa shape index (κ2) is 14.1. The Hall–Kier alpha value is -3.01. The average Bonchev–Trinajstić information content (AvgIpc) is 2.85. The van der Waals surface area contributed by atoms with Crippen molar-refractivity contribution in [2.24, 2.45) is 0 Å². The molecule has 3 heteroatoms. The molecule has 0 aliphatic heterocycles. The summed E-state index contributed by atoms with van der Waals surface area (Å²) in [7, 11) is 0. The third-order valence-corrected chi connectivity index (χ3v) is 5.07. The van der Waals surface area contributed by atoms with Gasteiger partial charge in [0.05, 0.1) is 19.3 Å². The molecular weight excluding hydrogens is 394 g/mol. The quantitative estimate of drug-likeness (QED) is 0.274. The van der Waals surface area contributed by atoms with Crippen LogP contribution in [-0.2, 0) is 16.1 Å². The van der Waals surface area contributed by atoms with E-state index in [1.54, 1.807) is 6.20 Å². The van der Waals surface area contributed by atoms with E-state index >= 15 is 0 Å². The van der Waals surface area contributed by atoms with E-state index in [2.05, 4.69) is 72.6 Å². The number of ether oxygens (including phenoxy) is 2. The van der Waals surface area contributed by atoms with Crippen molar-refractivity contribution in [2.75, 3.05) is 13.2 Å². The molecule has 0 aliphatic carbocycles. The molecule has 32 heavy (non-hydrogen) atoms. The summed E-state index contributed by atoms with van der Waals surface area (Å²) in [4.78, 5) is 4.14. The van der Waals surface area contributed by atoms with E-state index in [1.165, 1.54) is 18.4 Å². The molecule has 3 nitrogen and oxygen atoms in total. The number of hydrogen-bond acceptors (Lipinski definition) is 3. The molecule has 0 aliphatic rings. The molecule has 0 saturated heterocycles. The number of rotatable bonds is 13. The summed E-state index contributed by atoms with van der Waals surface area (Å²) in [5.74, 6) is 0. The molecule has 0 bridgehead atoms. The van der Waals surface area contributed by atoms with E-state index in [1.807, 2.05) is 36.5 Å². The molecule has 1 atom stereocenters. The van der Waals surface area contributed by atoms with Crippen molar-refractivity contribution in [2.45, 2.75) is 38.9 Å². The highest BCUT2D eigenvalue weighted by Gasteiger charge is 2.06. The Morgan fingerprint density at radius 2 is 1.56 bits per heavy atom. The summed E-state index contributed by atoms with van der Waals surface area (Å²) < 4.78 is 12.0. The van der Waals surface area contributed by atoms with Gasteiger partial charge in [-0.05, 0) is 34.7 Å². The Bertz CT molecular complexity index is 934. The van der Waals surface area contributed by atoms with Gasteiger partial charge < -0.3 is 9.47 Å². The van der Waals surface area contributed by atoms with E-state index in [9.17, 15) is 0 Å². The molecule has 0 N–H and O–H groups in total. The normalized spacial score (nSPS) is 12.5. The van der Waals surface area contributed by atoms with Crippen molar-refractivity contribution in [1.29, 1.82) is 0 Å². The van der Waals surface area contributed by atoms with E-state index in [0.717, 1.165) is 29.7 Å². The van der Waals surface area contributed by atoms with Gasteiger partial charge in [0.15, 0.2) is 0 Å². The average molecular weight is 428 g/mol. The number of benzene rings is 2. The highest BCUT2D eigenvalue weighted by atomic mass is 16.5. The first-order chi connectivity index (χ1) is 15.8. The molecule has 3 rings (SSSR count). The molecule has 0 spiro atoms. The number of unbranched alkanes of at least 4 members (excludes halogenated alkanes) is 2. The van der Waals surface area contributed by atoms with Gasteiger partial charge in [-0.25, -0.2) is 0 Å². The zero-order valence-electron chi connectivity index (χ0n) is 18.9. The molecule has 1 unspecified atom stereocenters. The number of aromatic nitrogens is 1. The van der Waals surface area contributed by atoms with Crippen LogP contribution in [0.15, 0.2) is 85.2 Å². The van der Waals surface area contributed by atoms with Crippen molar-refractivity contribution in [1.82, 2.24) is 4.98 Å². The van der Waals surface area contributed by atoms with Crippen LogP contribution in [0, 0.1) is 0 Å². The molecule has 2 aromatic carbocycles. The lowest BCUT2D eigenvalue weighted by molar-refractivity contribution is -0.000243. The Morgan fingerprint density at radius 1 is 0.812 bits per heavy atom. The Morgan fingerprint density at radius 3 is 2.28 bits per heavy atom. The molecule has 1 aromatic heterocycles. The maximum atomic E-state index is 6.14. The highest BCUT2D eigenvalue weighted by Crippen LogP contribution is 2.12. The molecule has 3 aromatic rings. The summed E-state index contributed by atoms with van der Waals surface area (Å²) >= 11 is 0. The molecule has 0 saturated carbocycles. The Labute approximate surface area is 192 Å². The van der Waals surface area contributed by atoms with E-state index in [-0.39, 0.29) is 6.10 Å². The first-order valence-electron chi connectivity index (χ1n) is 11.4. The SMILES string of the molecule is CCCCCOCC(C=Cc1ccc(C=Cc2cccnc2)cc1)OCc1ccccc1. The van der Waals surface area contributed by atoms with E-state index < -0.39 is 0 Å². The number of nitrogens with zero attached hydrogens (tertiary/aromatic N) is 1. The smallest absolute Gasteiger partial charge is 0.0997 e. The van der Waals surface area contributed by atoms with Gasteiger partial charge in [-0.3, -0.25) is 4.98 Å². The fourth-order valence-corrected chi connectivity index (χ4v) is 3.19. The Balaban J connectivity index is 1.56. The zero-order valence-corrected chi connectivity index (χ0v) is 18.9. The second-order valence-corrected chi connectivity index (χ2v) is 7.76. The lowest BCUT2D eigenvalue weighted by atomic mass is 10.1. The third kappa shape index (κ3) is 9.01. The summed E-state index contributed by atoms with van der Waals surface area (Å²) in [6.45, 7) is 4.13. The summed E-state index contributed by atoms with van der Waals surface area (Å²) in [5, 5.41) is 0. The van der Waals surface area contributed by atoms with Crippen LogP contribution in [0.1, 0.15) is 48.4 Å². The zero-order chi connectivity index (χ0) is 22.3. The van der Waals surface area contributed by atoms with Gasteiger partial charge in [-0.1, -0.05) is 105 Å². The lowest BCUT2D eigenvalue weighted by Gasteiger charge is -2.15. The van der Waals surface area contributed by atoms with Gasteiger partial charge in [-0.15, -0.1) is 0 Å². The van der Waals surface area contributed by atoms with Gasteiger partial charge in [0.2, 0.25) is 0 Å². The standard InChI is InChI=1S/C29H33NO2/c1-2-3-7-21-31-24-29(32-23-28-9-5-4-6-10-28)19-18-26-14-12-25(13-15-26)16-17-27-11-8-20-30-22-27/h4-6,8-20,22,29H,2-3,7,21,23-24H2,1H3. The number of pyridine rings is 1. The predicted molar refractivity (Wildman–Crippen MR) is 134 cm³/mol. The van der Waals surface area contributed by atoms with Gasteiger partial charge in [0.25, 0.3) is 0 Å². The largest absolute Gasteiger partial charge is 0.378 e. The maximum absolute atomic E-state index is 6.14. The molecule has 0 amide bonds. The topological polar surface area (TPSA) is 31.4 Å². The van der Waals surface area contributed by atoms with Crippen LogP contribution in [0.25, 0.3) is 18.2 Å². The van der Waals surface area contributed by atoms with Crippen molar-refractivity contribution < 1.29 is 9.47 Å². The van der Waals surface area contributed by atoms with Crippen LogP contribution in [0.2, 0.25) is 0 Å². The summed E-state index contributed by atoms with van der Waals surface area (Å²) in [6, 6.07) is 22.7. The van der Waals surface area contributed by atoms with Gasteiger partial charge in [-0.2, -0.15) is 0 Å². The summed E-state index contributed by atoms with van der Waals surface area (Å²) in [5.41, 5.74) is 4.56. The molecular formula is C29H33NO2. The van der Waals surface area contributed by atoms with Crippen molar-refractivity contribution in [3.8, 4) is 0 Å². The summed E-state index contributed by atoms with van der Waals surface area (Å²) in [6.07, 6.45) is 15.4. The fraction of sp³-hybridized carbons (Fsp3) is 0.276. The lowest BCUT2D eigenvalue weighted by Crippen LogP contribution is -2.18. The van der Waals surface area contributed by atoms with Crippen LogP contribution >= 0.6 is 0 Å². The minimum Gasteiger partial charge on any atom is -0.378 e. The fourth-order valence-electron chi connectivity index (χ4n) is 3.19. The van der Waals surface area contributed by atoms with Crippen molar-refractivity contribution >= 4 is 18.2 Å². The van der Waals surface area contributed by atoms with Crippen LogP contribution < -0.4 is 0 Å². The van der Waals surface area contributed by atoms with Crippen molar-refractivity contribution in [3.63, 3.8) is 0 Å². The molecule has 166 valence electrons. The van der Waals surface area contributed by atoms with E-state index in [4.69, 9.17) is 9.47 Å². The Kier molecular flexibility index (Phi) is 10.4. The maximum Gasteiger partial charge on any atom is 0.0997 e. The van der Waals surface area contributed by atoms with Gasteiger partial charge >= 0.3 is 0 Å². The van der Waals surface area contributed by atoms with Crippen molar-refractivity contribution in [3.05, 3.63) is 107 Å². The number of hydrogen-bond donors (Lipinski definition) is 0. The van der Waals surface area contributed by atoms with Crippen LogP contribution in [0.3, 0.4) is 0 Å². The van der Waals surface area contributed by atoms with Crippen LogP contribution in [0.4, 0.5) is 0 Å². The van der Waals surface area contributed by atoms with Crippen LogP contribution in [0.5, 0.6) is 0 Å². The minimum absolute atomic E-state index is 0.0815. The van der Waals surface area contributed by atoms with Crippen LogP contribution in [-0.4, -0.2) is 24.3 Å². The second-order valence-electron chi connectivity index (χ2n) is 7.76. The first-order valence-corrected chi connectivity index (χ1v) is 11.4. The molecule has 1 heterocycles. The molecule has 0 radical (unpaired) electrons. The predicted octanol–water partition coefficient (Wildman–Crippen LogP) is 7.06. The first kappa shape index (κ1) is 23.6. The third-order valence-electron chi connectivity index (χ3n) is 5.07. The highest BCUT2D eigenvalue weighted by molar-refractivity contribution is 5.69.